The molecular formula is C12H22N2O. The molecule has 2 unspecified atom stereocenters. The fourth-order valence-electron chi connectivity index (χ4n) is 1.97. The average Bonchev–Trinajstić information content (AvgIpc) is 2.61. The molecule has 2 N–H and O–H groups in total. The molecule has 0 radical (unpaired) electrons. The molecule has 1 aliphatic heterocycles. The molecule has 2 atom stereocenters. The van der Waals surface area contributed by atoms with Crippen molar-refractivity contribution >= 4 is 6.29 Å². The van der Waals surface area contributed by atoms with Gasteiger partial charge < -0.3 is 15.4 Å². The Labute approximate surface area is 92.3 Å². The molecule has 0 amide bonds. The van der Waals surface area contributed by atoms with E-state index >= 15 is 0 Å². The second kappa shape index (κ2) is 4.35. The number of aldehydes is 1. The fourth-order valence-corrected chi connectivity index (χ4v) is 1.97. The van der Waals surface area contributed by atoms with Gasteiger partial charge in [0.25, 0.3) is 0 Å². The Morgan fingerprint density at radius 1 is 1.60 bits per heavy atom. The highest BCUT2D eigenvalue weighted by atomic mass is 16.1. The van der Waals surface area contributed by atoms with Gasteiger partial charge in [0, 0.05) is 18.3 Å². The van der Waals surface area contributed by atoms with Crippen molar-refractivity contribution in [2.75, 3.05) is 6.54 Å². The van der Waals surface area contributed by atoms with Gasteiger partial charge in [-0.3, -0.25) is 0 Å². The lowest BCUT2D eigenvalue weighted by atomic mass is 9.85. The molecular weight excluding hydrogens is 188 g/mol. The SMILES string of the molecule is C=C(C(N)C(C)(C)C)N1CCCC1C=O. The van der Waals surface area contributed by atoms with E-state index in [1.165, 1.54) is 0 Å². The molecule has 0 aromatic rings. The van der Waals surface area contributed by atoms with Crippen LogP contribution < -0.4 is 5.73 Å². The topological polar surface area (TPSA) is 46.3 Å². The Morgan fingerprint density at radius 2 is 2.20 bits per heavy atom. The number of carbonyl (C=O) groups excluding carboxylic acids is 1. The molecule has 0 aromatic heterocycles. The van der Waals surface area contributed by atoms with Gasteiger partial charge in [-0.25, -0.2) is 0 Å². The normalized spacial score (nSPS) is 24.0. The quantitative estimate of drug-likeness (QED) is 0.719. The fraction of sp³-hybridized carbons (Fsp3) is 0.750. The molecule has 86 valence electrons. The van der Waals surface area contributed by atoms with Gasteiger partial charge >= 0.3 is 0 Å². The van der Waals surface area contributed by atoms with Crippen LogP contribution in [0.4, 0.5) is 0 Å². The summed E-state index contributed by atoms with van der Waals surface area (Å²) in [6.07, 6.45) is 2.99. The molecule has 15 heavy (non-hydrogen) atoms. The zero-order valence-corrected chi connectivity index (χ0v) is 9.99. The maximum atomic E-state index is 10.9. The predicted octanol–water partition coefficient (Wildman–Crippen LogP) is 1.54. The first-order valence-electron chi connectivity index (χ1n) is 5.54. The van der Waals surface area contributed by atoms with E-state index < -0.39 is 0 Å². The minimum atomic E-state index is -0.0851. The van der Waals surface area contributed by atoms with Crippen LogP contribution >= 0.6 is 0 Å². The van der Waals surface area contributed by atoms with Gasteiger partial charge in [-0.15, -0.1) is 0 Å². The summed E-state index contributed by atoms with van der Waals surface area (Å²) in [5.74, 6) is 0. The van der Waals surface area contributed by atoms with E-state index in [2.05, 4.69) is 32.3 Å². The number of likely N-dealkylation sites (tertiary alicyclic amines) is 1. The molecule has 1 aliphatic rings. The highest BCUT2D eigenvalue weighted by molar-refractivity contribution is 5.58. The molecule has 0 saturated carbocycles. The van der Waals surface area contributed by atoms with Crippen molar-refractivity contribution in [1.29, 1.82) is 0 Å². The van der Waals surface area contributed by atoms with Crippen LogP contribution in [0.3, 0.4) is 0 Å². The summed E-state index contributed by atoms with van der Waals surface area (Å²) in [6, 6.07) is -0.0936. The van der Waals surface area contributed by atoms with Gasteiger partial charge in [-0.2, -0.15) is 0 Å². The van der Waals surface area contributed by atoms with E-state index in [0.29, 0.717) is 0 Å². The van der Waals surface area contributed by atoms with Crippen molar-refractivity contribution in [3.8, 4) is 0 Å². The third-order valence-electron chi connectivity index (χ3n) is 3.12. The van der Waals surface area contributed by atoms with Gasteiger partial charge in [0.1, 0.15) is 6.29 Å². The zero-order chi connectivity index (χ0) is 11.6. The smallest absolute Gasteiger partial charge is 0.142 e. The molecule has 1 fully saturated rings. The van der Waals surface area contributed by atoms with E-state index in [0.717, 1.165) is 31.4 Å². The Hall–Kier alpha value is -0.830. The van der Waals surface area contributed by atoms with Crippen molar-refractivity contribution < 1.29 is 4.79 Å². The first-order chi connectivity index (χ1) is 6.88. The third-order valence-corrected chi connectivity index (χ3v) is 3.12. The van der Waals surface area contributed by atoms with E-state index in [1.807, 2.05) is 0 Å². The van der Waals surface area contributed by atoms with Crippen LogP contribution in [0.2, 0.25) is 0 Å². The Balaban J connectivity index is 2.72. The van der Waals surface area contributed by atoms with Crippen molar-refractivity contribution in [3.05, 3.63) is 12.3 Å². The van der Waals surface area contributed by atoms with Gasteiger partial charge in [0.2, 0.25) is 0 Å². The highest BCUT2D eigenvalue weighted by Crippen LogP contribution is 2.28. The summed E-state index contributed by atoms with van der Waals surface area (Å²) in [5, 5.41) is 0. The molecule has 1 heterocycles. The maximum absolute atomic E-state index is 10.9. The zero-order valence-electron chi connectivity index (χ0n) is 9.99. The monoisotopic (exact) mass is 210 g/mol. The summed E-state index contributed by atoms with van der Waals surface area (Å²) in [4.78, 5) is 12.9. The van der Waals surface area contributed by atoms with E-state index in [-0.39, 0.29) is 17.5 Å². The van der Waals surface area contributed by atoms with Crippen LogP contribution in [0, 0.1) is 5.41 Å². The van der Waals surface area contributed by atoms with Crippen molar-refractivity contribution in [3.63, 3.8) is 0 Å². The largest absolute Gasteiger partial charge is 0.364 e. The lowest BCUT2D eigenvalue weighted by molar-refractivity contribution is -0.111. The number of rotatable bonds is 3. The summed E-state index contributed by atoms with van der Waals surface area (Å²) in [7, 11) is 0. The van der Waals surface area contributed by atoms with Crippen molar-refractivity contribution in [1.82, 2.24) is 4.90 Å². The summed E-state index contributed by atoms with van der Waals surface area (Å²) >= 11 is 0. The van der Waals surface area contributed by atoms with E-state index in [4.69, 9.17) is 5.73 Å². The van der Waals surface area contributed by atoms with Gasteiger partial charge in [0.15, 0.2) is 0 Å². The van der Waals surface area contributed by atoms with Crippen LogP contribution in [0.1, 0.15) is 33.6 Å². The van der Waals surface area contributed by atoms with E-state index in [1.54, 1.807) is 0 Å². The molecule has 1 saturated heterocycles. The third kappa shape index (κ3) is 2.59. The second-order valence-electron chi connectivity index (χ2n) is 5.37. The summed E-state index contributed by atoms with van der Waals surface area (Å²) < 4.78 is 0. The molecule has 0 bridgehead atoms. The van der Waals surface area contributed by atoms with Crippen LogP contribution in [-0.4, -0.2) is 29.8 Å². The van der Waals surface area contributed by atoms with Crippen LogP contribution in [0.5, 0.6) is 0 Å². The van der Waals surface area contributed by atoms with Gasteiger partial charge in [-0.05, 0) is 18.3 Å². The van der Waals surface area contributed by atoms with E-state index in [9.17, 15) is 4.79 Å². The molecule has 0 spiro atoms. The number of hydrogen-bond acceptors (Lipinski definition) is 3. The second-order valence-corrected chi connectivity index (χ2v) is 5.37. The number of nitrogens with two attached hydrogens (primary N) is 1. The minimum Gasteiger partial charge on any atom is -0.364 e. The summed E-state index contributed by atoms with van der Waals surface area (Å²) in [6.45, 7) is 11.2. The minimum absolute atomic E-state index is 0.00684. The van der Waals surface area contributed by atoms with Gasteiger partial charge in [0.05, 0.1) is 6.04 Å². The first-order valence-corrected chi connectivity index (χ1v) is 5.54. The van der Waals surface area contributed by atoms with Crippen LogP contribution in [0.15, 0.2) is 12.3 Å². The molecule has 1 rings (SSSR count). The molecule has 3 heteroatoms. The Bertz CT molecular complexity index is 255. The molecule has 0 aliphatic carbocycles. The maximum Gasteiger partial charge on any atom is 0.142 e. The molecule has 3 nitrogen and oxygen atoms in total. The van der Waals surface area contributed by atoms with Crippen molar-refractivity contribution in [2.45, 2.75) is 45.7 Å². The van der Waals surface area contributed by atoms with Crippen LogP contribution in [0.25, 0.3) is 0 Å². The highest BCUT2D eigenvalue weighted by Gasteiger charge is 2.31. The summed E-state index contributed by atoms with van der Waals surface area (Å²) in [5.41, 5.74) is 7.03. The Morgan fingerprint density at radius 3 is 2.67 bits per heavy atom. The van der Waals surface area contributed by atoms with Crippen LogP contribution in [-0.2, 0) is 4.79 Å². The standard InChI is InChI=1S/C12H22N2O/c1-9(11(13)12(2,3)4)14-7-5-6-10(14)8-15/h8,10-11H,1,5-7,13H2,2-4H3. The predicted molar refractivity (Wildman–Crippen MR) is 62.4 cm³/mol. The van der Waals surface area contributed by atoms with Crippen molar-refractivity contribution in [2.24, 2.45) is 11.1 Å². The lowest BCUT2D eigenvalue weighted by Crippen LogP contribution is -2.44. The number of hydrogen-bond donors (Lipinski definition) is 1. The number of carbonyl (C=O) groups is 1. The first kappa shape index (κ1) is 12.2. The Kier molecular flexibility index (Phi) is 3.55. The average molecular weight is 210 g/mol. The lowest BCUT2D eigenvalue weighted by Gasteiger charge is -2.35. The number of nitrogens with zero attached hydrogens (tertiary/aromatic N) is 1. The van der Waals surface area contributed by atoms with Gasteiger partial charge in [-0.1, -0.05) is 27.4 Å². The molecule has 0 aromatic carbocycles.